The van der Waals surface area contributed by atoms with Crippen molar-refractivity contribution in [1.29, 1.82) is 0 Å². The largest absolute Gasteiger partial charge is 0.490 e. The zero-order valence-electron chi connectivity index (χ0n) is 21.2. The van der Waals surface area contributed by atoms with Gasteiger partial charge in [0.05, 0.1) is 28.4 Å². The van der Waals surface area contributed by atoms with Gasteiger partial charge in [0.15, 0.2) is 0 Å². The Hall–Kier alpha value is -4.45. The van der Waals surface area contributed by atoms with Crippen LogP contribution in [-0.4, -0.2) is 68.4 Å². The third-order valence-corrected chi connectivity index (χ3v) is 6.67. The van der Waals surface area contributed by atoms with Gasteiger partial charge in [0, 0.05) is 30.4 Å². The fraction of sp³-hybridized carbons (Fsp3) is 0.308. The number of benzene rings is 2. The fourth-order valence-corrected chi connectivity index (χ4v) is 4.84. The molecule has 1 saturated heterocycles. The van der Waals surface area contributed by atoms with Crippen LogP contribution >= 0.6 is 11.6 Å². The number of non-ortho nitro benzene ring substituents is 1. The van der Waals surface area contributed by atoms with Crippen LogP contribution in [0.25, 0.3) is 0 Å². The number of piperazine rings is 1. The van der Waals surface area contributed by atoms with Crippen molar-refractivity contribution in [2.45, 2.75) is 32.0 Å². The maximum atomic E-state index is 14.2. The Morgan fingerprint density at radius 2 is 1.97 bits per heavy atom. The van der Waals surface area contributed by atoms with E-state index in [0.29, 0.717) is 29.4 Å². The second kappa shape index (κ2) is 10.7. The number of nitrogens with one attached hydrogen (secondary N) is 2. The zero-order chi connectivity index (χ0) is 27.7. The number of carbonyl (C=O) groups excluding carboxylic acids is 2. The molecule has 3 heterocycles. The number of ether oxygens (including phenoxy) is 1. The van der Waals surface area contributed by atoms with Crippen LogP contribution in [0.4, 0.5) is 10.5 Å². The number of hydrogen-bond donors (Lipinski definition) is 2. The molecule has 0 spiro atoms. The van der Waals surface area contributed by atoms with Gasteiger partial charge in [-0.3, -0.25) is 29.9 Å². The monoisotopic (exact) mass is 551 g/mol. The van der Waals surface area contributed by atoms with Gasteiger partial charge in [0.1, 0.15) is 30.2 Å². The zero-order valence-corrected chi connectivity index (χ0v) is 22.0. The maximum absolute atomic E-state index is 14.2. The van der Waals surface area contributed by atoms with Crippen LogP contribution in [-0.2, 0) is 4.79 Å². The molecule has 3 aromatic rings. The van der Waals surface area contributed by atoms with Gasteiger partial charge in [0.2, 0.25) is 5.91 Å². The second-order valence-corrected chi connectivity index (χ2v) is 9.87. The molecule has 2 aliphatic rings. The number of nitro benzene ring substituents is 1. The van der Waals surface area contributed by atoms with E-state index in [1.54, 1.807) is 38.2 Å². The van der Waals surface area contributed by atoms with Crippen LogP contribution < -0.4 is 10.1 Å². The molecule has 2 aliphatic heterocycles. The lowest BCUT2D eigenvalue weighted by molar-refractivity contribution is -0.384. The van der Waals surface area contributed by atoms with Gasteiger partial charge < -0.3 is 15.0 Å². The molecular weight excluding hydrogens is 526 g/mol. The molecule has 1 fully saturated rings. The van der Waals surface area contributed by atoms with Crippen LogP contribution in [0.1, 0.15) is 42.8 Å². The van der Waals surface area contributed by atoms with Gasteiger partial charge in [-0.25, -0.2) is 4.79 Å². The molecule has 0 saturated carbocycles. The standard InChI is InChI=1S/C26H26ClN7O5/c1-15(2)39-21-13-18(34(37)38)7-8-19(21)25-30-23(16-3-5-17(27)6-4-16)24(20-9-10-29-31-20)33(25)26(36)32-12-11-28-22(35)14-32/h3-10,13,15,23-24H,11-12,14H2,1-2H3,(H,28,35)(H,29,31)/t23-,24+/m0/s1. The summed E-state index contributed by atoms with van der Waals surface area (Å²) in [6.45, 7) is 4.13. The summed E-state index contributed by atoms with van der Waals surface area (Å²) >= 11 is 6.15. The highest BCUT2D eigenvalue weighted by molar-refractivity contribution is 6.30. The average molecular weight is 552 g/mol. The molecule has 13 heteroatoms. The molecule has 0 aliphatic carbocycles. The van der Waals surface area contributed by atoms with Crippen molar-refractivity contribution in [2.75, 3.05) is 19.6 Å². The van der Waals surface area contributed by atoms with Crippen molar-refractivity contribution < 1.29 is 19.2 Å². The van der Waals surface area contributed by atoms with Crippen LogP contribution in [0.2, 0.25) is 5.02 Å². The highest BCUT2D eigenvalue weighted by atomic mass is 35.5. The van der Waals surface area contributed by atoms with Gasteiger partial charge in [0.25, 0.3) is 5.69 Å². The Morgan fingerprint density at radius 1 is 1.21 bits per heavy atom. The molecule has 2 atom stereocenters. The molecule has 39 heavy (non-hydrogen) atoms. The third-order valence-electron chi connectivity index (χ3n) is 6.41. The lowest BCUT2D eigenvalue weighted by Gasteiger charge is -2.35. The number of aliphatic imine (C=N–C) groups is 1. The number of nitro groups is 1. The van der Waals surface area contributed by atoms with E-state index < -0.39 is 23.0 Å². The molecule has 3 amide bonds. The molecule has 2 aromatic carbocycles. The number of amides is 3. The topological polar surface area (TPSA) is 146 Å². The van der Waals surface area contributed by atoms with Gasteiger partial charge in [-0.15, -0.1) is 0 Å². The minimum absolute atomic E-state index is 0.112. The molecule has 0 radical (unpaired) electrons. The van der Waals surface area contributed by atoms with E-state index in [1.807, 2.05) is 12.1 Å². The van der Waals surface area contributed by atoms with Crippen LogP contribution in [0.15, 0.2) is 59.7 Å². The predicted octanol–water partition coefficient (Wildman–Crippen LogP) is 3.86. The second-order valence-electron chi connectivity index (χ2n) is 9.43. The number of aromatic amines is 1. The Labute approximate surface area is 228 Å². The van der Waals surface area contributed by atoms with Gasteiger partial charge in [-0.05, 0) is 43.7 Å². The number of amidine groups is 1. The number of hydrogen-bond acceptors (Lipinski definition) is 7. The lowest BCUT2D eigenvalue weighted by atomic mass is 9.97. The van der Waals surface area contributed by atoms with Crippen LogP contribution in [0.3, 0.4) is 0 Å². The lowest BCUT2D eigenvalue weighted by Crippen LogP contribution is -2.55. The normalized spacial score (nSPS) is 19.2. The molecule has 0 bridgehead atoms. The molecule has 12 nitrogen and oxygen atoms in total. The van der Waals surface area contributed by atoms with Crippen LogP contribution in [0, 0.1) is 10.1 Å². The predicted molar refractivity (Wildman–Crippen MR) is 143 cm³/mol. The van der Waals surface area contributed by atoms with E-state index in [2.05, 4.69) is 15.5 Å². The van der Waals surface area contributed by atoms with Crippen molar-refractivity contribution in [3.05, 3.63) is 86.7 Å². The van der Waals surface area contributed by atoms with E-state index in [4.69, 9.17) is 21.3 Å². The number of halogens is 1. The molecular formula is C26H26ClN7O5. The van der Waals surface area contributed by atoms with Crippen molar-refractivity contribution >= 4 is 35.1 Å². The van der Waals surface area contributed by atoms with Crippen LogP contribution in [0.5, 0.6) is 5.75 Å². The van der Waals surface area contributed by atoms with Crippen molar-refractivity contribution in [2.24, 2.45) is 4.99 Å². The maximum Gasteiger partial charge on any atom is 0.326 e. The average Bonchev–Trinajstić information content (AvgIpc) is 3.56. The van der Waals surface area contributed by atoms with Gasteiger partial charge in [-0.2, -0.15) is 5.10 Å². The summed E-state index contributed by atoms with van der Waals surface area (Å²) in [5.74, 6) is 0.210. The highest BCUT2D eigenvalue weighted by Crippen LogP contribution is 2.45. The summed E-state index contributed by atoms with van der Waals surface area (Å²) in [6, 6.07) is 11.5. The number of carbonyl (C=O) groups is 2. The number of nitrogens with zero attached hydrogens (tertiary/aromatic N) is 5. The minimum Gasteiger partial charge on any atom is -0.490 e. The first kappa shape index (κ1) is 26.2. The first-order chi connectivity index (χ1) is 18.7. The van der Waals surface area contributed by atoms with E-state index in [0.717, 1.165) is 5.56 Å². The van der Waals surface area contributed by atoms with Gasteiger partial charge in [-0.1, -0.05) is 23.7 Å². The smallest absolute Gasteiger partial charge is 0.326 e. The van der Waals surface area contributed by atoms with E-state index in [9.17, 15) is 19.7 Å². The number of H-pyrrole nitrogens is 1. The Kier molecular flexibility index (Phi) is 7.20. The molecule has 2 N–H and O–H groups in total. The third kappa shape index (κ3) is 5.28. The summed E-state index contributed by atoms with van der Waals surface area (Å²) in [7, 11) is 0. The molecule has 1 aromatic heterocycles. The van der Waals surface area contributed by atoms with E-state index in [-0.39, 0.29) is 35.8 Å². The van der Waals surface area contributed by atoms with Crippen molar-refractivity contribution in [3.8, 4) is 5.75 Å². The quantitative estimate of drug-likeness (QED) is 0.351. The summed E-state index contributed by atoms with van der Waals surface area (Å²) in [4.78, 5) is 45.4. The Morgan fingerprint density at radius 3 is 2.62 bits per heavy atom. The van der Waals surface area contributed by atoms with E-state index in [1.165, 1.54) is 28.0 Å². The number of urea groups is 1. The van der Waals surface area contributed by atoms with Crippen molar-refractivity contribution in [1.82, 2.24) is 25.3 Å². The highest BCUT2D eigenvalue weighted by Gasteiger charge is 2.46. The number of rotatable bonds is 6. The first-order valence-electron chi connectivity index (χ1n) is 12.4. The summed E-state index contributed by atoms with van der Waals surface area (Å²) < 4.78 is 5.98. The van der Waals surface area contributed by atoms with Crippen molar-refractivity contribution in [3.63, 3.8) is 0 Å². The van der Waals surface area contributed by atoms with Gasteiger partial charge >= 0.3 is 6.03 Å². The number of aromatic nitrogens is 2. The first-order valence-corrected chi connectivity index (χ1v) is 12.7. The Bertz CT molecular complexity index is 1420. The minimum atomic E-state index is -0.664. The fourth-order valence-electron chi connectivity index (χ4n) is 4.72. The Balaban J connectivity index is 1.70. The SMILES string of the molecule is CC(C)Oc1cc([N+](=O)[O-])ccc1C1=N[C@@H](c2ccc(Cl)cc2)[C@@H](c2ccn[nH]2)N1C(=O)N1CCNC(=O)C1. The molecule has 0 unspecified atom stereocenters. The van der Waals surface area contributed by atoms with E-state index >= 15 is 0 Å². The summed E-state index contributed by atoms with van der Waals surface area (Å²) in [6.07, 6.45) is 1.28. The molecule has 202 valence electrons. The summed E-state index contributed by atoms with van der Waals surface area (Å²) in [5.41, 5.74) is 1.66. The molecule has 5 rings (SSSR count). The summed E-state index contributed by atoms with van der Waals surface area (Å²) in [5, 5.41) is 21.9.